The number of alkyl halides is 2. The van der Waals surface area contributed by atoms with Crippen LogP contribution in [-0.2, 0) is 5.92 Å². The minimum atomic E-state index is -2.85. The van der Waals surface area contributed by atoms with E-state index in [0.29, 0.717) is 10.9 Å². The maximum absolute atomic E-state index is 13.2. The van der Waals surface area contributed by atoms with Crippen LogP contribution < -0.4 is 10.6 Å². The predicted molar refractivity (Wildman–Crippen MR) is 75.1 cm³/mol. The summed E-state index contributed by atoms with van der Waals surface area (Å²) >= 11 is 6.04. The number of halogens is 3. The molecule has 0 amide bonds. The molecule has 2 nitrogen and oxygen atoms in total. The van der Waals surface area contributed by atoms with Gasteiger partial charge in [0, 0.05) is 19.0 Å². The molecule has 0 spiro atoms. The molecule has 2 rings (SSSR count). The first-order valence-electron chi connectivity index (χ1n) is 6.59. The zero-order valence-corrected chi connectivity index (χ0v) is 11.7. The van der Waals surface area contributed by atoms with Crippen molar-refractivity contribution >= 4 is 17.3 Å². The van der Waals surface area contributed by atoms with Crippen molar-refractivity contribution < 1.29 is 8.78 Å². The Morgan fingerprint density at radius 1 is 1.37 bits per heavy atom. The first-order chi connectivity index (χ1) is 8.97. The first kappa shape index (κ1) is 14.5. The maximum atomic E-state index is 13.2. The normalized spacial score (nSPS) is 17.5. The minimum Gasteiger partial charge on any atom is -0.384 e. The lowest BCUT2D eigenvalue weighted by Crippen LogP contribution is -2.31. The van der Waals surface area contributed by atoms with E-state index >= 15 is 0 Å². The first-order valence-corrected chi connectivity index (χ1v) is 6.97. The number of benzene rings is 1. The van der Waals surface area contributed by atoms with E-state index in [2.05, 4.69) is 10.6 Å². The molecular formula is C14H19ClF2N2. The van der Waals surface area contributed by atoms with Gasteiger partial charge in [0.15, 0.2) is 0 Å². The van der Waals surface area contributed by atoms with Crippen LogP contribution in [0.5, 0.6) is 0 Å². The van der Waals surface area contributed by atoms with Gasteiger partial charge in [-0.2, -0.15) is 0 Å². The number of hydrogen-bond acceptors (Lipinski definition) is 2. The largest absolute Gasteiger partial charge is 0.384 e. The topological polar surface area (TPSA) is 24.1 Å². The van der Waals surface area contributed by atoms with Gasteiger partial charge in [0.1, 0.15) is 0 Å². The quantitative estimate of drug-likeness (QED) is 0.879. The van der Waals surface area contributed by atoms with E-state index < -0.39 is 5.92 Å². The fourth-order valence-electron chi connectivity index (χ4n) is 2.27. The SMILES string of the molecule is CC(F)(F)c1ccc(NCC2CCNCC2)c(Cl)c1. The van der Waals surface area contributed by atoms with Crippen molar-refractivity contribution in [3.05, 3.63) is 28.8 Å². The molecule has 106 valence electrons. The standard InChI is InChI=1S/C14H19ClF2N2/c1-14(16,17)11-2-3-13(12(15)8-11)19-9-10-4-6-18-7-5-10/h2-3,8,10,18-19H,4-7,9H2,1H3. The van der Waals surface area contributed by atoms with E-state index in [-0.39, 0.29) is 5.56 Å². The summed E-state index contributed by atoms with van der Waals surface area (Å²) < 4.78 is 26.3. The summed E-state index contributed by atoms with van der Waals surface area (Å²) in [6.07, 6.45) is 2.27. The second kappa shape index (κ2) is 6.06. The monoisotopic (exact) mass is 288 g/mol. The molecule has 2 N–H and O–H groups in total. The third kappa shape index (κ3) is 4.05. The summed E-state index contributed by atoms with van der Waals surface area (Å²) in [6, 6.07) is 4.40. The van der Waals surface area contributed by atoms with Crippen LogP contribution in [0, 0.1) is 5.92 Å². The van der Waals surface area contributed by atoms with Gasteiger partial charge in [-0.3, -0.25) is 0 Å². The summed E-state index contributed by atoms with van der Waals surface area (Å²) in [5.41, 5.74) is 0.679. The molecule has 1 aromatic carbocycles. The highest BCUT2D eigenvalue weighted by molar-refractivity contribution is 6.33. The Hall–Kier alpha value is -0.870. The number of nitrogens with one attached hydrogen (secondary N) is 2. The molecule has 1 aromatic rings. The Kier molecular flexibility index (Phi) is 4.63. The van der Waals surface area contributed by atoms with Crippen LogP contribution in [0.2, 0.25) is 5.02 Å². The Morgan fingerprint density at radius 3 is 2.63 bits per heavy atom. The zero-order chi connectivity index (χ0) is 13.9. The molecule has 19 heavy (non-hydrogen) atoms. The highest BCUT2D eigenvalue weighted by Gasteiger charge is 2.24. The second-order valence-electron chi connectivity index (χ2n) is 5.16. The van der Waals surface area contributed by atoms with E-state index in [0.717, 1.165) is 45.1 Å². The van der Waals surface area contributed by atoms with Crippen LogP contribution >= 0.6 is 11.6 Å². The summed E-state index contributed by atoms with van der Waals surface area (Å²) in [4.78, 5) is 0. The number of piperidine rings is 1. The smallest absolute Gasteiger partial charge is 0.270 e. The van der Waals surface area contributed by atoms with Crippen molar-refractivity contribution in [2.45, 2.75) is 25.7 Å². The highest BCUT2D eigenvalue weighted by Crippen LogP contribution is 2.32. The lowest BCUT2D eigenvalue weighted by molar-refractivity contribution is 0.0175. The molecule has 0 aliphatic carbocycles. The Balaban J connectivity index is 1.97. The Morgan fingerprint density at radius 2 is 2.05 bits per heavy atom. The van der Waals surface area contributed by atoms with Gasteiger partial charge in [-0.15, -0.1) is 0 Å². The zero-order valence-electron chi connectivity index (χ0n) is 11.0. The average Bonchev–Trinajstić information content (AvgIpc) is 2.37. The van der Waals surface area contributed by atoms with E-state index in [1.54, 1.807) is 6.07 Å². The van der Waals surface area contributed by atoms with Gasteiger partial charge in [-0.1, -0.05) is 17.7 Å². The van der Waals surface area contributed by atoms with E-state index in [4.69, 9.17) is 11.6 Å². The van der Waals surface area contributed by atoms with Crippen LogP contribution in [0.15, 0.2) is 18.2 Å². The van der Waals surface area contributed by atoms with Gasteiger partial charge in [-0.05, 0) is 44.0 Å². The Labute approximate surface area is 117 Å². The summed E-state index contributed by atoms with van der Waals surface area (Å²) in [6.45, 7) is 3.80. The third-order valence-corrected chi connectivity index (χ3v) is 3.83. The number of rotatable bonds is 4. The van der Waals surface area contributed by atoms with Crippen LogP contribution in [-0.4, -0.2) is 19.6 Å². The van der Waals surface area contributed by atoms with Crippen molar-refractivity contribution in [3.8, 4) is 0 Å². The molecule has 0 aromatic heterocycles. The van der Waals surface area contributed by atoms with Crippen molar-refractivity contribution in [3.63, 3.8) is 0 Å². The van der Waals surface area contributed by atoms with Gasteiger partial charge in [0.2, 0.25) is 0 Å². The molecule has 0 radical (unpaired) electrons. The highest BCUT2D eigenvalue weighted by atomic mass is 35.5. The third-order valence-electron chi connectivity index (χ3n) is 3.52. The van der Waals surface area contributed by atoms with E-state index in [9.17, 15) is 8.78 Å². The predicted octanol–water partition coefficient (Wildman–Crippen LogP) is 3.86. The lowest BCUT2D eigenvalue weighted by atomic mass is 9.98. The van der Waals surface area contributed by atoms with Crippen molar-refractivity contribution in [1.29, 1.82) is 0 Å². The molecule has 1 fully saturated rings. The summed E-state index contributed by atoms with van der Waals surface area (Å²) in [5.74, 6) is -2.23. The molecular weight excluding hydrogens is 270 g/mol. The lowest BCUT2D eigenvalue weighted by Gasteiger charge is -2.23. The van der Waals surface area contributed by atoms with Crippen molar-refractivity contribution in [2.75, 3.05) is 25.0 Å². The molecule has 5 heteroatoms. The summed E-state index contributed by atoms with van der Waals surface area (Å²) in [5, 5.41) is 6.92. The van der Waals surface area contributed by atoms with Gasteiger partial charge < -0.3 is 10.6 Å². The van der Waals surface area contributed by atoms with Crippen molar-refractivity contribution in [2.24, 2.45) is 5.92 Å². The van der Waals surface area contributed by atoms with Crippen LogP contribution in [0.1, 0.15) is 25.3 Å². The van der Waals surface area contributed by atoms with Crippen LogP contribution in [0.25, 0.3) is 0 Å². The van der Waals surface area contributed by atoms with E-state index in [1.165, 1.54) is 12.1 Å². The maximum Gasteiger partial charge on any atom is 0.270 e. The number of hydrogen-bond donors (Lipinski definition) is 2. The van der Waals surface area contributed by atoms with Crippen molar-refractivity contribution in [1.82, 2.24) is 5.32 Å². The fourth-order valence-corrected chi connectivity index (χ4v) is 2.52. The van der Waals surface area contributed by atoms with Crippen LogP contribution in [0.4, 0.5) is 14.5 Å². The van der Waals surface area contributed by atoms with Gasteiger partial charge >= 0.3 is 0 Å². The second-order valence-corrected chi connectivity index (χ2v) is 5.56. The molecule has 0 saturated carbocycles. The molecule has 1 heterocycles. The molecule has 1 saturated heterocycles. The fraction of sp³-hybridized carbons (Fsp3) is 0.571. The minimum absolute atomic E-state index is 0.0510. The van der Waals surface area contributed by atoms with Gasteiger partial charge in [0.05, 0.1) is 10.7 Å². The Bertz CT molecular complexity index is 426. The van der Waals surface area contributed by atoms with Gasteiger partial charge in [-0.25, -0.2) is 8.78 Å². The van der Waals surface area contributed by atoms with Crippen LogP contribution in [0.3, 0.4) is 0 Å². The summed E-state index contributed by atoms with van der Waals surface area (Å²) in [7, 11) is 0. The molecule has 1 aliphatic rings. The van der Waals surface area contributed by atoms with E-state index in [1.807, 2.05) is 0 Å². The van der Waals surface area contributed by atoms with Gasteiger partial charge in [0.25, 0.3) is 5.92 Å². The molecule has 1 aliphatic heterocycles. The average molecular weight is 289 g/mol. The molecule has 0 bridgehead atoms. The molecule has 0 unspecified atom stereocenters. The molecule has 0 atom stereocenters. The number of anilines is 1.